The van der Waals surface area contributed by atoms with Crippen LogP contribution in [0, 0.1) is 13.8 Å². The van der Waals surface area contributed by atoms with Crippen LogP contribution in [0.1, 0.15) is 27.6 Å². The molecule has 9 nitrogen and oxygen atoms in total. The van der Waals surface area contributed by atoms with E-state index >= 15 is 0 Å². The maximum Gasteiger partial charge on any atom is 0.342 e. The van der Waals surface area contributed by atoms with Crippen molar-refractivity contribution < 1.29 is 9.53 Å². The van der Waals surface area contributed by atoms with Crippen molar-refractivity contribution >= 4 is 23.6 Å². The molecule has 134 valence electrons. The fourth-order valence-corrected chi connectivity index (χ4v) is 2.48. The Morgan fingerprint density at radius 2 is 1.92 bits per heavy atom. The summed E-state index contributed by atoms with van der Waals surface area (Å²) in [6.07, 6.45) is 0. The van der Waals surface area contributed by atoms with Crippen molar-refractivity contribution in [1.29, 1.82) is 0 Å². The van der Waals surface area contributed by atoms with Gasteiger partial charge in [-0.25, -0.2) is 4.79 Å². The quantitative estimate of drug-likeness (QED) is 0.667. The van der Waals surface area contributed by atoms with E-state index < -0.39 is 5.97 Å². The van der Waals surface area contributed by atoms with Crippen LogP contribution in [-0.4, -0.2) is 30.7 Å². The van der Waals surface area contributed by atoms with Gasteiger partial charge in [0.15, 0.2) is 12.4 Å². The van der Waals surface area contributed by atoms with E-state index in [0.717, 1.165) is 11.4 Å². The molecule has 0 aliphatic carbocycles. The number of rotatable bonds is 5. The third-order valence-electron chi connectivity index (χ3n) is 3.77. The van der Waals surface area contributed by atoms with Gasteiger partial charge in [-0.2, -0.15) is 20.1 Å². The molecule has 0 radical (unpaired) electrons. The summed E-state index contributed by atoms with van der Waals surface area (Å²) in [7, 11) is 1.77. The number of carbonyl (C=O) groups excluding carboxylic acids is 1. The number of aryl methyl sites for hydroxylation is 2. The zero-order chi connectivity index (χ0) is 18.7. The summed E-state index contributed by atoms with van der Waals surface area (Å²) >= 11 is 0. The van der Waals surface area contributed by atoms with Gasteiger partial charge in [-0.05, 0) is 26.0 Å². The lowest BCUT2D eigenvalue weighted by atomic mass is 10.2. The fraction of sp³-hybridized carbons (Fsp3) is 0.235. The molecule has 3 rings (SSSR count). The number of nitrogens with one attached hydrogen (secondary N) is 1. The Hall–Kier alpha value is -3.49. The van der Waals surface area contributed by atoms with Gasteiger partial charge in [0.1, 0.15) is 5.56 Å². The lowest BCUT2D eigenvalue weighted by molar-refractivity contribution is 0.0460. The monoisotopic (exact) mass is 353 g/mol. The molecule has 0 unspecified atom stereocenters. The lowest BCUT2D eigenvalue weighted by Crippen LogP contribution is -2.12. The SMILES string of the molecule is Cc1nn(C)c(C)c1C(=O)OCc1nc(N)nc(Nc2ccccc2)n1. The Kier molecular flexibility index (Phi) is 4.78. The van der Waals surface area contributed by atoms with Gasteiger partial charge in [0.2, 0.25) is 11.9 Å². The highest BCUT2D eigenvalue weighted by atomic mass is 16.5. The Balaban J connectivity index is 1.73. The van der Waals surface area contributed by atoms with Crippen molar-refractivity contribution in [2.75, 3.05) is 11.1 Å². The summed E-state index contributed by atoms with van der Waals surface area (Å²) in [6.45, 7) is 3.44. The number of carbonyl (C=O) groups is 1. The van der Waals surface area contributed by atoms with Gasteiger partial charge < -0.3 is 15.8 Å². The van der Waals surface area contributed by atoms with Gasteiger partial charge in [-0.3, -0.25) is 4.68 Å². The first kappa shape index (κ1) is 17.3. The Morgan fingerprint density at radius 3 is 2.58 bits per heavy atom. The highest BCUT2D eigenvalue weighted by molar-refractivity contribution is 5.91. The van der Waals surface area contributed by atoms with Crippen LogP contribution in [0.5, 0.6) is 0 Å². The van der Waals surface area contributed by atoms with Crippen LogP contribution in [-0.2, 0) is 18.4 Å². The van der Waals surface area contributed by atoms with Gasteiger partial charge in [-0.1, -0.05) is 18.2 Å². The van der Waals surface area contributed by atoms with Crippen molar-refractivity contribution in [3.8, 4) is 0 Å². The number of ether oxygens (including phenoxy) is 1. The van der Waals surface area contributed by atoms with E-state index in [0.29, 0.717) is 11.3 Å². The number of esters is 1. The number of hydrogen-bond donors (Lipinski definition) is 2. The number of nitrogens with two attached hydrogens (primary N) is 1. The third-order valence-corrected chi connectivity index (χ3v) is 3.77. The van der Waals surface area contributed by atoms with Gasteiger partial charge in [0.25, 0.3) is 0 Å². The maximum atomic E-state index is 12.3. The second-order valence-corrected chi connectivity index (χ2v) is 5.67. The standard InChI is InChI=1S/C17H19N7O2/c1-10-14(11(2)24(3)23-10)15(25)26-9-13-20-16(18)22-17(21-13)19-12-7-5-4-6-8-12/h4-8H,9H2,1-3H3,(H3,18,19,20,21,22). The Morgan fingerprint density at radius 1 is 1.19 bits per heavy atom. The zero-order valence-electron chi connectivity index (χ0n) is 14.7. The van der Waals surface area contributed by atoms with Crippen LogP contribution in [0.15, 0.2) is 30.3 Å². The van der Waals surface area contributed by atoms with Gasteiger partial charge in [-0.15, -0.1) is 0 Å². The Labute approximate surface area is 150 Å². The van der Waals surface area contributed by atoms with Crippen LogP contribution in [0.3, 0.4) is 0 Å². The molecule has 0 amide bonds. The summed E-state index contributed by atoms with van der Waals surface area (Å²) in [4.78, 5) is 24.6. The minimum atomic E-state index is -0.482. The first-order valence-electron chi connectivity index (χ1n) is 7.94. The first-order chi connectivity index (χ1) is 12.4. The molecule has 26 heavy (non-hydrogen) atoms. The van der Waals surface area contributed by atoms with Crippen LogP contribution in [0.25, 0.3) is 0 Å². The van der Waals surface area contributed by atoms with Crippen molar-refractivity contribution in [2.45, 2.75) is 20.5 Å². The summed E-state index contributed by atoms with van der Waals surface area (Å²) in [5.41, 5.74) is 8.31. The average Bonchev–Trinajstić information content (AvgIpc) is 2.85. The maximum absolute atomic E-state index is 12.3. The number of benzene rings is 1. The van der Waals surface area contributed by atoms with Crippen LogP contribution >= 0.6 is 0 Å². The molecule has 0 spiro atoms. The highest BCUT2D eigenvalue weighted by Crippen LogP contribution is 2.15. The number of aromatic nitrogens is 5. The fourth-order valence-electron chi connectivity index (χ4n) is 2.48. The van der Waals surface area contributed by atoms with Crippen molar-refractivity contribution in [1.82, 2.24) is 24.7 Å². The molecule has 0 fully saturated rings. The van der Waals surface area contributed by atoms with E-state index in [1.807, 2.05) is 30.3 Å². The summed E-state index contributed by atoms with van der Waals surface area (Å²) in [5, 5.41) is 7.24. The predicted octanol–water partition coefficient (Wildman–Crippen LogP) is 1.90. The molecule has 0 saturated heterocycles. The highest BCUT2D eigenvalue weighted by Gasteiger charge is 2.19. The average molecular weight is 353 g/mol. The predicted molar refractivity (Wildman–Crippen MR) is 95.8 cm³/mol. The minimum absolute atomic E-state index is 0.0400. The molecule has 2 aromatic heterocycles. The minimum Gasteiger partial charge on any atom is -0.454 e. The summed E-state index contributed by atoms with van der Waals surface area (Å²) in [5.74, 6) is 0.0924. The molecule has 0 bridgehead atoms. The normalized spacial score (nSPS) is 10.6. The number of nitrogens with zero attached hydrogens (tertiary/aromatic N) is 5. The van der Waals surface area contributed by atoms with Crippen molar-refractivity contribution in [2.24, 2.45) is 7.05 Å². The van der Waals surface area contributed by atoms with E-state index in [-0.39, 0.29) is 24.3 Å². The molecule has 9 heteroatoms. The second-order valence-electron chi connectivity index (χ2n) is 5.67. The molecule has 0 atom stereocenters. The molecular formula is C17H19N7O2. The van der Waals surface area contributed by atoms with Crippen LogP contribution in [0.2, 0.25) is 0 Å². The van der Waals surface area contributed by atoms with Gasteiger partial charge in [0, 0.05) is 18.4 Å². The van der Waals surface area contributed by atoms with Gasteiger partial charge >= 0.3 is 5.97 Å². The molecule has 2 heterocycles. The number of para-hydroxylation sites is 1. The molecule has 0 aliphatic heterocycles. The molecule has 3 N–H and O–H groups in total. The van der Waals surface area contributed by atoms with Gasteiger partial charge in [0.05, 0.1) is 5.69 Å². The topological polar surface area (TPSA) is 121 Å². The first-order valence-corrected chi connectivity index (χ1v) is 7.94. The molecule has 0 saturated carbocycles. The van der Waals surface area contributed by atoms with Crippen LogP contribution < -0.4 is 11.1 Å². The van der Waals surface area contributed by atoms with E-state index in [4.69, 9.17) is 10.5 Å². The zero-order valence-corrected chi connectivity index (χ0v) is 14.7. The van der Waals surface area contributed by atoms with E-state index in [2.05, 4.69) is 25.4 Å². The van der Waals surface area contributed by atoms with E-state index in [1.165, 1.54) is 0 Å². The summed E-state index contributed by atoms with van der Waals surface area (Å²) < 4.78 is 6.95. The van der Waals surface area contributed by atoms with Crippen molar-refractivity contribution in [3.63, 3.8) is 0 Å². The molecule has 1 aromatic carbocycles. The Bertz CT molecular complexity index is 938. The van der Waals surface area contributed by atoms with E-state index in [1.54, 1.807) is 25.6 Å². The van der Waals surface area contributed by atoms with Crippen LogP contribution in [0.4, 0.5) is 17.6 Å². The number of nitrogen functional groups attached to an aromatic ring is 1. The number of hydrogen-bond acceptors (Lipinski definition) is 8. The summed E-state index contributed by atoms with van der Waals surface area (Å²) in [6, 6.07) is 9.41. The third kappa shape index (κ3) is 3.77. The largest absolute Gasteiger partial charge is 0.454 e. The molecule has 0 aliphatic rings. The molecule has 3 aromatic rings. The second kappa shape index (κ2) is 7.18. The molecular weight excluding hydrogens is 334 g/mol. The smallest absolute Gasteiger partial charge is 0.342 e. The lowest BCUT2D eigenvalue weighted by Gasteiger charge is -2.08. The van der Waals surface area contributed by atoms with Crippen molar-refractivity contribution in [3.05, 3.63) is 53.1 Å². The number of anilines is 3. The van der Waals surface area contributed by atoms with E-state index in [9.17, 15) is 4.79 Å².